The summed E-state index contributed by atoms with van der Waals surface area (Å²) in [6.45, 7) is 2.23. The fraction of sp³-hybridized carbons (Fsp3) is 0.250. The van der Waals surface area contributed by atoms with Crippen LogP contribution in [-0.4, -0.2) is 20.4 Å². The highest BCUT2D eigenvalue weighted by atomic mass is 35.5. The lowest BCUT2D eigenvalue weighted by Crippen LogP contribution is -2.25. The largest absolute Gasteiger partial charge is 0.348 e. The molecule has 2 N–H and O–H groups in total. The molecule has 1 aliphatic carbocycles. The molecule has 0 aliphatic heterocycles. The average Bonchev–Trinajstić information content (AvgIpc) is 3.44. The van der Waals surface area contributed by atoms with Gasteiger partial charge in [0.15, 0.2) is 0 Å². The molecule has 0 saturated heterocycles. The van der Waals surface area contributed by atoms with Crippen molar-refractivity contribution in [3.63, 3.8) is 0 Å². The zero-order chi connectivity index (χ0) is 19.4. The third kappa shape index (κ3) is 5.66. The number of sulfonamides is 1. The summed E-state index contributed by atoms with van der Waals surface area (Å²) in [6, 6.07) is 12.2. The average molecular weight is 405 g/mol. The normalized spacial score (nSPS) is 14.4. The Bertz CT molecular complexity index is 965. The van der Waals surface area contributed by atoms with Crippen LogP contribution in [0, 0.1) is 6.92 Å². The maximum absolute atomic E-state index is 12.1. The molecular weight excluding hydrogens is 384 g/mol. The van der Waals surface area contributed by atoms with Crippen LogP contribution in [0.25, 0.3) is 6.08 Å². The third-order valence-electron chi connectivity index (χ3n) is 4.22. The second-order valence-electron chi connectivity index (χ2n) is 6.60. The molecule has 0 heterocycles. The highest BCUT2D eigenvalue weighted by molar-refractivity contribution is 7.89. The van der Waals surface area contributed by atoms with Crippen LogP contribution in [0.5, 0.6) is 0 Å². The van der Waals surface area contributed by atoms with Gasteiger partial charge in [-0.25, -0.2) is 13.1 Å². The van der Waals surface area contributed by atoms with Gasteiger partial charge in [0, 0.05) is 23.7 Å². The fourth-order valence-electron chi connectivity index (χ4n) is 2.41. The Hall–Kier alpha value is -2.15. The van der Waals surface area contributed by atoms with Gasteiger partial charge in [-0.3, -0.25) is 4.79 Å². The Labute approximate surface area is 164 Å². The number of benzene rings is 2. The van der Waals surface area contributed by atoms with E-state index in [1.54, 1.807) is 36.4 Å². The molecule has 0 bridgehead atoms. The van der Waals surface area contributed by atoms with Gasteiger partial charge in [0.1, 0.15) is 0 Å². The lowest BCUT2D eigenvalue weighted by molar-refractivity contribution is -0.116. The Morgan fingerprint density at radius 2 is 1.89 bits per heavy atom. The zero-order valence-electron chi connectivity index (χ0n) is 14.9. The van der Waals surface area contributed by atoms with Crippen molar-refractivity contribution in [2.45, 2.75) is 37.2 Å². The van der Waals surface area contributed by atoms with Crippen molar-refractivity contribution in [2.24, 2.45) is 0 Å². The summed E-state index contributed by atoms with van der Waals surface area (Å²) in [4.78, 5) is 12.2. The van der Waals surface area contributed by atoms with Crippen LogP contribution in [0.2, 0.25) is 5.02 Å². The van der Waals surface area contributed by atoms with Crippen molar-refractivity contribution < 1.29 is 13.2 Å². The number of amides is 1. The number of aryl methyl sites for hydroxylation is 1. The molecule has 142 valence electrons. The van der Waals surface area contributed by atoms with Crippen molar-refractivity contribution in [1.29, 1.82) is 0 Å². The van der Waals surface area contributed by atoms with Gasteiger partial charge in [0.2, 0.25) is 15.9 Å². The standard InChI is InChI=1S/C20H21ClN2O3S/c1-14-2-3-15(12-19(14)21)6-11-20(24)22-13-16-4-9-18(10-5-16)27(25,26)23-17-7-8-17/h2-6,9-12,17,23H,7-8,13H2,1H3,(H,22,24)/b11-6+. The number of nitrogens with one attached hydrogen (secondary N) is 2. The van der Waals surface area contributed by atoms with Crippen LogP contribution in [0.15, 0.2) is 53.4 Å². The molecule has 0 spiro atoms. The Balaban J connectivity index is 1.53. The monoisotopic (exact) mass is 404 g/mol. The van der Waals surface area contributed by atoms with Crippen LogP contribution >= 0.6 is 11.6 Å². The van der Waals surface area contributed by atoms with E-state index in [9.17, 15) is 13.2 Å². The second-order valence-corrected chi connectivity index (χ2v) is 8.72. The number of rotatable bonds is 7. The molecular formula is C20H21ClN2O3S. The topological polar surface area (TPSA) is 75.3 Å². The van der Waals surface area contributed by atoms with E-state index in [0.717, 1.165) is 29.5 Å². The Kier molecular flexibility index (Phi) is 5.99. The third-order valence-corrected chi connectivity index (χ3v) is 6.17. The first-order chi connectivity index (χ1) is 12.8. The number of carbonyl (C=O) groups excluding carboxylic acids is 1. The SMILES string of the molecule is Cc1ccc(/C=C/C(=O)NCc2ccc(S(=O)(=O)NC3CC3)cc2)cc1Cl. The van der Waals surface area contributed by atoms with E-state index in [1.165, 1.54) is 6.08 Å². The van der Waals surface area contributed by atoms with Crippen LogP contribution in [0.4, 0.5) is 0 Å². The number of halogens is 1. The first kappa shape index (κ1) is 19.6. The summed E-state index contributed by atoms with van der Waals surface area (Å²) in [7, 11) is -3.45. The van der Waals surface area contributed by atoms with Gasteiger partial charge in [-0.1, -0.05) is 35.9 Å². The van der Waals surface area contributed by atoms with E-state index in [-0.39, 0.29) is 16.8 Å². The molecule has 1 aliphatic rings. The minimum Gasteiger partial charge on any atom is -0.348 e. The van der Waals surface area contributed by atoms with Gasteiger partial charge in [-0.2, -0.15) is 0 Å². The lowest BCUT2D eigenvalue weighted by atomic mass is 10.1. The zero-order valence-corrected chi connectivity index (χ0v) is 16.5. The van der Waals surface area contributed by atoms with Gasteiger partial charge < -0.3 is 5.32 Å². The maximum atomic E-state index is 12.1. The summed E-state index contributed by atoms with van der Waals surface area (Å²) >= 11 is 6.06. The Morgan fingerprint density at radius 1 is 1.19 bits per heavy atom. The smallest absolute Gasteiger partial charge is 0.244 e. The molecule has 0 atom stereocenters. The van der Waals surface area contributed by atoms with E-state index < -0.39 is 10.0 Å². The highest BCUT2D eigenvalue weighted by Crippen LogP contribution is 2.22. The van der Waals surface area contributed by atoms with E-state index in [2.05, 4.69) is 10.0 Å². The van der Waals surface area contributed by atoms with Crippen molar-refractivity contribution in [3.05, 3.63) is 70.3 Å². The predicted molar refractivity (Wildman–Crippen MR) is 107 cm³/mol. The van der Waals surface area contributed by atoms with Gasteiger partial charge in [0.05, 0.1) is 4.90 Å². The molecule has 1 amide bonds. The summed E-state index contributed by atoms with van der Waals surface area (Å²) in [6.07, 6.45) is 4.93. The second kappa shape index (κ2) is 8.25. The van der Waals surface area contributed by atoms with Gasteiger partial charge in [0.25, 0.3) is 0 Å². The molecule has 0 aromatic heterocycles. The molecule has 3 rings (SSSR count). The molecule has 2 aromatic rings. The molecule has 0 unspecified atom stereocenters. The van der Waals surface area contributed by atoms with Crippen LogP contribution < -0.4 is 10.0 Å². The summed E-state index contributed by atoms with van der Waals surface area (Å²) in [5.74, 6) is -0.237. The number of carbonyl (C=O) groups is 1. The van der Waals surface area contributed by atoms with Crippen LogP contribution in [0.3, 0.4) is 0 Å². The number of hydrogen-bond acceptors (Lipinski definition) is 3. The number of hydrogen-bond donors (Lipinski definition) is 2. The highest BCUT2D eigenvalue weighted by Gasteiger charge is 2.27. The van der Waals surface area contributed by atoms with Gasteiger partial charge in [-0.15, -0.1) is 0 Å². The van der Waals surface area contributed by atoms with Crippen LogP contribution in [0.1, 0.15) is 29.5 Å². The molecule has 7 heteroatoms. The first-order valence-electron chi connectivity index (χ1n) is 8.67. The predicted octanol–water partition coefficient (Wildman–Crippen LogP) is 3.42. The summed E-state index contributed by atoms with van der Waals surface area (Å²) in [5.41, 5.74) is 2.65. The summed E-state index contributed by atoms with van der Waals surface area (Å²) in [5, 5.41) is 3.43. The van der Waals surface area contributed by atoms with Crippen LogP contribution in [-0.2, 0) is 21.4 Å². The van der Waals surface area contributed by atoms with Crippen molar-refractivity contribution in [2.75, 3.05) is 0 Å². The Morgan fingerprint density at radius 3 is 2.52 bits per heavy atom. The molecule has 1 fully saturated rings. The fourth-order valence-corrected chi connectivity index (χ4v) is 3.90. The van der Waals surface area contributed by atoms with Gasteiger partial charge in [-0.05, 0) is 60.7 Å². The minimum atomic E-state index is -3.45. The molecule has 2 aromatic carbocycles. The first-order valence-corrected chi connectivity index (χ1v) is 10.5. The van der Waals surface area contributed by atoms with Crippen molar-refractivity contribution >= 4 is 33.6 Å². The van der Waals surface area contributed by atoms with E-state index in [0.29, 0.717) is 11.6 Å². The quantitative estimate of drug-likeness (QED) is 0.694. The summed E-state index contributed by atoms with van der Waals surface area (Å²) < 4.78 is 26.9. The van der Waals surface area contributed by atoms with E-state index in [4.69, 9.17) is 11.6 Å². The minimum absolute atomic E-state index is 0.0733. The van der Waals surface area contributed by atoms with Crippen molar-refractivity contribution in [1.82, 2.24) is 10.0 Å². The van der Waals surface area contributed by atoms with Gasteiger partial charge >= 0.3 is 0 Å². The van der Waals surface area contributed by atoms with E-state index in [1.807, 2.05) is 19.1 Å². The lowest BCUT2D eigenvalue weighted by Gasteiger charge is -2.07. The molecule has 0 radical (unpaired) electrons. The van der Waals surface area contributed by atoms with E-state index >= 15 is 0 Å². The molecule has 1 saturated carbocycles. The molecule has 5 nitrogen and oxygen atoms in total. The molecule has 27 heavy (non-hydrogen) atoms. The van der Waals surface area contributed by atoms with Crippen molar-refractivity contribution in [3.8, 4) is 0 Å². The maximum Gasteiger partial charge on any atom is 0.244 e.